The van der Waals surface area contributed by atoms with Crippen molar-refractivity contribution in [2.45, 2.75) is 18.8 Å². The second kappa shape index (κ2) is 5.66. The van der Waals surface area contributed by atoms with E-state index in [1.807, 2.05) is 0 Å². The Morgan fingerprint density at radius 1 is 1.29 bits per heavy atom. The Kier molecular flexibility index (Phi) is 6.24. The van der Waals surface area contributed by atoms with Gasteiger partial charge in [0.1, 0.15) is 6.04 Å². The van der Waals surface area contributed by atoms with E-state index in [0.29, 0.717) is 5.32 Å². The van der Waals surface area contributed by atoms with E-state index in [0.717, 1.165) is 0 Å². The van der Waals surface area contributed by atoms with Crippen molar-refractivity contribution in [2.24, 2.45) is 0 Å². The van der Waals surface area contributed by atoms with Crippen LogP contribution in [0.3, 0.4) is 0 Å². The van der Waals surface area contributed by atoms with Crippen molar-refractivity contribution >= 4 is 24.3 Å². The molecular formula is C5H7ClF3NO4. The van der Waals surface area contributed by atoms with Crippen LogP contribution in [0, 0.1) is 0 Å². The van der Waals surface area contributed by atoms with E-state index in [4.69, 9.17) is 10.2 Å². The number of alkyl halides is 3. The summed E-state index contributed by atoms with van der Waals surface area (Å²) in [6.07, 6.45) is -6.03. The molecule has 0 rings (SSSR count). The summed E-state index contributed by atoms with van der Waals surface area (Å²) >= 11 is 0. The molecule has 0 radical (unpaired) electrons. The number of carbonyl (C=O) groups is 2. The first-order valence-corrected chi connectivity index (χ1v) is 3.01. The van der Waals surface area contributed by atoms with Gasteiger partial charge in [-0.15, -0.1) is 12.4 Å². The van der Waals surface area contributed by atoms with Crippen molar-refractivity contribution in [2.75, 3.05) is 0 Å². The number of rotatable bonds is 4. The molecule has 0 saturated carbocycles. The average molecular weight is 238 g/mol. The minimum Gasteiger partial charge on any atom is -0.481 e. The molecule has 3 N–H and O–H groups in total. The molecule has 0 aromatic carbocycles. The first kappa shape index (κ1) is 15.5. The van der Waals surface area contributed by atoms with Crippen molar-refractivity contribution in [3.8, 4) is 0 Å². The molecule has 0 aliphatic carbocycles. The Bertz CT molecular complexity index is 220. The molecule has 9 heteroatoms. The van der Waals surface area contributed by atoms with Crippen LogP contribution < -0.4 is 5.32 Å². The van der Waals surface area contributed by atoms with Crippen molar-refractivity contribution in [1.82, 2.24) is 5.32 Å². The normalized spacial score (nSPS) is 12.8. The van der Waals surface area contributed by atoms with Crippen LogP contribution in [-0.4, -0.2) is 34.5 Å². The highest BCUT2D eigenvalue weighted by Gasteiger charge is 2.35. The van der Waals surface area contributed by atoms with Gasteiger partial charge in [0, 0.05) is 0 Å². The summed E-state index contributed by atoms with van der Waals surface area (Å²) in [4.78, 5) is 20.0. The van der Waals surface area contributed by atoms with Crippen molar-refractivity contribution in [1.29, 1.82) is 0 Å². The van der Waals surface area contributed by atoms with Gasteiger partial charge >= 0.3 is 18.2 Å². The smallest absolute Gasteiger partial charge is 0.458 e. The van der Waals surface area contributed by atoms with Gasteiger partial charge in [-0.25, -0.2) is 5.32 Å². The molecule has 1 atom stereocenters. The van der Waals surface area contributed by atoms with Crippen LogP contribution in [0.1, 0.15) is 6.42 Å². The number of halogens is 4. The lowest BCUT2D eigenvalue weighted by molar-refractivity contribution is -0.176. The molecule has 0 aliphatic rings. The monoisotopic (exact) mass is 237 g/mol. The van der Waals surface area contributed by atoms with E-state index >= 15 is 0 Å². The first-order chi connectivity index (χ1) is 5.72. The van der Waals surface area contributed by atoms with Crippen LogP contribution in [0.2, 0.25) is 0 Å². The van der Waals surface area contributed by atoms with Crippen LogP contribution in [0.5, 0.6) is 0 Å². The molecule has 5 nitrogen and oxygen atoms in total. The van der Waals surface area contributed by atoms with Gasteiger partial charge in [-0.1, -0.05) is 0 Å². The topological polar surface area (TPSA) is 86.6 Å². The minimum atomic E-state index is -4.90. The van der Waals surface area contributed by atoms with E-state index in [1.165, 1.54) is 0 Å². The molecule has 0 amide bonds. The van der Waals surface area contributed by atoms with Gasteiger partial charge in [0.25, 0.3) is 0 Å². The molecule has 0 unspecified atom stereocenters. The van der Waals surface area contributed by atoms with Gasteiger partial charge < -0.3 is 10.2 Å². The summed E-state index contributed by atoms with van der Waals surface area (Å²) < 4.78 is 34.6. The number of carboxylic acids is 2. The predicted octanol–water partition coefficient (Wildman–Crippen LogP) is 0.445. The number of aliphatic carboxylic acids is 2. The van der Waals surface area contributed by atoms with E-state index in [2.05, 4.69) is 0 Å². The van der Waals surface area contributed by atoms with Crippen LogP contribution in [-0.2, 0) is 9.59 Å². The number of nitrogens with one attached hydrogen (secondary N) is 1. The van der Waals surface area contributed by atoms with Crippen LogP contribution in [0.25, 0.3) is 0 Å². The zero-order valence-electron chi connectivity index (χ0n) is 6.54. The highest BCUT2D eigenvalue weighted by atomic mass is 35.5. The average Bonchev–Trinajstić information content (AvgIpc) is 1.81. The maximum absolute atomic E-state index is 11.5. The molecule has 0 aliphatic heterocycles. The summed E-state index contributed by atoms with van der Waals surface area (Å²) in [6.45, 7) is 0. The molecule has 84 valence electrons. The third-order valence-electron chi connectivity index (χ3n) is 1.01. The maximum atomic E-state index is 11.5. The Hall–Kier alpha value is -1.02. The minimum absolute atomic E-state index is 0. The standard InChI is InChI=1S/C5H6F3NO4.ClH/c6-5(7,8)9-2(4(12)13)1-3(10)11;/h2,9H,1H2,(H,10,11)(H,12,13);1H/t2-;/m0./s1. The molecule has 0 heterocycles. The van der Waals surface area contributed by atoms with Crippen molar-refractivity contribution < 1.29 is 33.0 Å². The van der Waals surface area contributed by atoms with Gasteiger partial charge in [0.15, 0.2) is 0 Å². The molecular weight excluding hydrogens is 231 g/mol. The largest absolute Gasteiger partial charge is 0.481 e. The number of hydrogen-bond donors (Lipinski definition) is 3. The highest BCUT2D eigenvalue weighted by molar-refractivity contribution is 5.85. The Labute approximate surface area is 82.3 Å². The van der Waals surface area contributed by atoms with Crippen molar-refractivity contribution in [3.63, 3.8) is 0 Å². The van der Waals surface area contributed by atoms with Gasteiger partial charge in [0.05, 0.1) is 6.42 Å². The molecule has 0 saturated heterocycles. The Balaban J connectivity index is 0. The maximum Gasteiger partial charge on any atom is 0.458 e. The van der Waals surface area contributed by atoms with Crippen LogP contribution in [0.15, 0.2) is 0 Å². The van der Waals surface area contributed by atoms with Gasteiger partial charge in [-0.2, -0.15) is 13.2 Å². The van der Waals surface area contributed by atoms with E-state index in [9.17, 15) is 22.8 Å². The number of carboxylic acid groups (broad SMARTS) is 2. The summed E-state index contributed by atoms with van der Waals surface area (Å²) in [5, 5.41) is 16.9. The lowest BCUT2D eigenvalue weighted by Gasteiger charge is -2.14. The summed E-state index contributed by atoms with van der Waals surface area (Å²) in [6, 6.07) is -2.16. The molecule has 0 aromatic heterocycles. The Morgan fingerprint density at radius 3 is 1.93 bits per heavy atom. The summed E-state index contributed by atoms with van der Waals surface area (Å²) in [5.74, 6) is -3.48. The highest BCUT2D eigenvalue weighted by Crippen LogP contribution is 2.12. The fourth-order valence-corrected chi connectivity index (χ4v) is 0.572. The zero-order valence-corrected chi connectivity index (χ0v) is 7.35. The van der Waals surface area contributed by atoms with Crippen molar-refractivity contribution in [3.05, 3.63) is 0 Å². The number of hydrogen-bond acceptors (Lipinski definition) is 3. The quantitative estimate of drug-likeness (QED) is 0.618. The SMILES string of the molecule is Cl.O=C(O)C[C@H](NC(F)(F)F)C(=O)O. The molecule has 14 heavy (non-hydrogen) atoms. The summed E-state index contributed by atoms with van der Waals surface area (Å²) in [5.41, 5.74) is 0. The predicted molar refractivity (Wildman–Crippen MR) is 40.1 cm³/mol. The van der Waals surface area contributed by atoms with Crippen LogP contribution in [0.4, 0.5) is 13.2 Å². The lowest BCUT2D eigenvalue weighted by atomic mass is 10.2. The fourth-order valence-electron chi connectivity index (χ4n) is 0.572. The third kappa shape index (κ3) is 7.62. The fraction of sp³-hybridized carbons (Fsp3) is 0.600. The van der Waals surface area contributed by atoms with Gasteiger partial charge in [-0.3, -0.25) is 9.59 Å². The molecule has 0 fully saturated rings. The van der Waals surface area contributed by atoms with Gasteiger partial charge in [-0.05, 0) is 0 Å². The lowest BCUT2D eigenvalue weighted by Crippen LogP contribution is -2.46. The third-order valence-corrected chi connectivity index (χ3v) is 1.01. The zero-order chi connectivity index (χ0) is 10.6. The molecule has 0 spiro atoms. The second-order valence-corrected chi connectivity index (χ2v) is 2.13. The molecule has 0 aromatic rings. The van der Waals surface area contributed by atoms with E-state index in [1.54, 1.807) is 0 Å². The second-order valence-electron chi connectivity index (χ2n) is 2.13. The summed E-state index contributed by atoms with van der Waals surface area (Å²) in [7, 11) is 0. The van der Waals surface area contributed by atoms with Gasteiger partial charge in [0.2, 0.25) is 0 Å². The Morgan fingerprint density at radius 2 is 1.71 bits per heavy atom. The first-order valence-electron chi connectivity index (χ1n) is 3.01. The molecule has 0 bridgehead atoms. The van der Waals surface area contributed by atoms with E-state index < -0.39 is 30.7 Å². The van der Waals surface area contributed by atoms with E-state index in [-0.39, 0.29) is 12.4 Å². The van der Waals surface area contributed by atoms with Crippen LogP contribution >= 0.6 is 12.4 Å².